The summed E-state index contributed by atoms with van der Waals surface area (Å²) in [6.45, 7) is 11.6. The second kappa shape index (κ2) is 5.93. The molecule has 1 aromatic rings. The van der Waals surface area contributed by atoms with Crippen LogP contribution in [0.25, 0.3) is 0 Å². The van der Waals surface area contributed by atoms with E-state index >= 15 is 0 Å². The molecule has 1 aromatic carbocycles. The van der Waals surface area contributed by atoms with E-state index in [0.717, 1.165) is 25.4 Å². The lowest BCUT2D eigenvalue weighted by molar-refractivity contribution is -0.0705. The van der Waals surface area contributed by atoms with E-state index in [1.807, 2.05) is 0 Å². The van der Waals surface area contributed by atoms with E-state index in [0.29, 0.717) is 12.2 Å². The van der Waals surface area contributed by atoms with Gasteiger partial charge in [0.05, 0.1) is 19.3 Å². The number of hydrogen-bond donors (Lipinski definition) is 0. The van der Waals surface area contributed by atoms with Crippen LogP contribution in [0.1, 0.15) is 30.5 Å². The minimum atomic E-state index is 0.323. The van der Waals surface area contributed by atoms with Gasteiger partial charge in [0.25, 0.3) is 0 Å². The van der Waals surface area contributed by atoms with Crippen molar-refractivity contribution in [3.8, 4) is 5.75 Å². The van der Waals surface area contributed by atoms with Crippen LogP contribution in [-0.2, 0) is 11.3 Å². The highest BCUT2D eigenvalue weighted by molar-refractivity contribution is 5.41. The van der Waals surface area contributed by atoms with Gasteiger partial charge in [-0.05, 0) is 50.5 Å². The Bertz CT molecular complexity index is 435. The fourth-order valence-electron chi connectivity index (χ4n) is 2.89. The van der Waals surface area contributed by atoms with Gasteiger partial charge in [0.1, 0.15) is 5.75 Å². The molecule has 1 aliphatic heterocycles. The number of methoxy groups -OCH3 is 1. The SMILES string of the molecule is COc1cc(C)c(CN2CC(C)OC(C)C2)cc1C. The third-order valence-corrected chi connectivity index (χ3v) is 3.74. The Hall–Kier alpha value is -1.06. The summed E-state index contributed by atoms with van der Waals surface area (Å²) in [6, 6.07) is 4.39. The highest BCUT2D eigenvalue weighted by atomic mass is 16.5. The summed E-state index contributed by atoms with van der Waals surface area (Å²) in [4.78, 5) is 2.48. The zero-order chi connectivity index (χ0) is 14.0. The molecule has 2 unspecified atom stereocenters. The van der Waals surface area contributed by atoms with Crippen molar-refractivity contribution in [2.24, 2.45) is 0 Å². The maximum absolute atomic E-state index is 5.78. The molecule has 2 atom stereocenters. The third kappa shape index (κ3) is 3.48. The van der Waals surface area contributed by atoms with Crippen LogP contribution in [0.15, 0.2) is 12.1 Å². The number of hydrogen-bond acceptors (Lipinski definition) is 3. The van der Waals surface area contributed by atoms with Gasteiger partial charge in [-0.2, -0.15) is 0 Å². The molecule has 106 valence electrons. The zero-order valence-electron chi connectivity index (χ0n) is 12.7. The second-order valence-corrected chi connectivity index (χ2v) is 5.70. The molecule has 0 N–H and O–H groups in total. The molecular formula is C16H25NO2. The van der Waals surface area contributed by atoms with Gasteiger partial charge in [0.2, 0.25) is 0 Å². The van der Waals surface area contributed by atoms with Crippen molar-refractivity contribution in [1.29, 1.82) is 0 Å². The summed E-state index contributed by atoms with van der Waals surface area (Å²) in [5.41, 5.74) is 3.89. The summed E-state index contributed by atoms with van der Waals surface area (Å²) in [5, 5.41) is 0. The van der Waals surface area contributed by atoms with Gasteiger partial charge in [-0.3, -0.25) is 4.90 Å². The summed E-state index contributed by atoms with van der Waals surface area (Å²) in [7, 11) is 1.73. The van der Waals surface area contributed by atoms with Gasteiger partial charge in [-0.25, -0.2) is 0 Å². The first-order chi connectivity index (χ1) is 8.99. The van der Waals surface area contributed by atoms with Gasteiger partial charge >= 0.3 is 0 Å². The number of benzene rings is 1. The number of ether oxygens (including phenoxy) is 2. The Morgan fingerprint density at radius 2 is 1.79 bits per heavy atom. The maximum atomic E-state index is 5.78. The van der Waals surface area contributed by atoms with E-state index in [9.17, 15) is 0 Å². The van der Waals surface area contributed by atoms with E-state index in [1.165, 1.54) is 16.7 Å². The van der Waals surface area contributed by atoms with Gasteiger partial charge in [0, 0.05) is 19.6 Å². The van der Waals surface area contributed by atoms with E-state index in [1.54, 1.807) is 7.11 Å². The van der Waals surface area contributed by atoms with Crippen molar-refractivity contribution in [3.05, 3.63) is 28.8 Å². The normalized spacial score (nSPS) is 24.5. The van der Waals surface area contributed by atoms with Crippen LogP contribution < -0.4 is 4.74 Å². The highest BCUT2D eigenvalue weighted by Crippen LogP contribution is 2.24. The van der Waals surface area contributed by atoms with E-state index in [2.05, 4.69) is 44.7 Å². The van der Waals surface area contributed by atoms with Crippen molar-refractivity contribution in [3.63, 3.8) is 0 Å². The van der Waals surface area contributed by atoms with Gasteiger partial charge in [-0.1, -0.05) is 6.07 Å². The molecule has 1 aliphatic rings. The molecule has 2 rings (SSSR count). The molecule has 0 bridgehead atoms. The Kier molecular flexibility index (Phi) is 4.48. The molecule has 0 aromatic heterocycles. The molecule has 0 radical (unpaired) electrons. The maximum Gasteiger partial charge on any atom is 0.122 e. The van der Waals surface area contributed by atoms with Crippen LogP contribution in [0.3, 0.4) is 0 Å². The van der Waals surface area contributed by atoms with Crippen LogP contribution in [0, 0.1) is 13.8 Å². The van der Waals surface area contributed by atoms with E-state index in [-0.39, 0.29) is 0 Å². The molecule has 1 fully saturated rings. The quantitative estimate of drug-likeness (QED) is 0.837. The minimum absolute atomic E-state index is 0.323. The number of aryl methyl sites for hydroxylation is 2. The van der Waals surface area contributed by atoms with Gasteiger partial charge in [-0.15, -0.1) is 0 Å². The molecular weight excluding hydrogens is 238 g/mol. The second-order valence-electron chi connectivity index (χ2n) is 5.70. The predicted octanol–water partition coefficient (Wildman–Crippen LogP) is 2.92. The van der Waals surface area contributed by atoms with Crippen LogP contribution in [0.4, 0.5) is 0 Å². The minimum Gasteiger partial charge on any atom is -0.496 e. The summed E-state index contributed by atoms with van der Waals surface area (Å²) >= 11 is 0. The monoisotopic (exact) mass is 263 g/mol. The summed E-state index contributed by atoms with van der Waals surface area (Å²) < 4.78 is 11.2. The van der Waals surface area contributed by atoms with Crippen molar-refractivity contribution in [1.82, 2.24) is 4.90 Å². The Labute approximate surface area is 116 Å². The van der Waals surface area contributed by atoms with Crippen LogP contribution >= 0.6 is 0 Å². The fraction of sp³-hybridized carbons (Fsp3) is 0.625. The van der Waals surface area contributed by atoms with Crippen molar-refractivity contribution in [2.75, 3.05) is 20.2 Å². The first-order valence-electron chi connectivity index (χ1n) is 7.01. The van der Waals surface area contributed by atoms with Crippen LogP contribution in [0.5, 0.6) is 5.75 Å². The Balaban J connectivity index is 2.12. The average molecular weight is 263 g/mol. The van der Waals surface area contributed by atoms with Crippen LogP contribution in [0.2, 0.25) is 0 Å². The zero-order valence-corrected chi connectivity index (χ0v) is 12.7. The molecule has 3 heteroatoms. The Morgan fingerprint density at radius 1 is 1.16 bits per heavy atom. The first-order valence-corrected chi connectivity index (χ1v) is 7.01. The molecule has 0 aliphatic carbocycles. The highest BCUT2D eigenvalue weighted by Gasteiger charge is 2.22. The smallest absolute Gasteiger partial charge is 0.122 e. The fourth-order valence-corrected chi connectivity index (χ4v) is 2.89. The number of rotatable bonds is 3. The lowest BCUT2D eigenvalue weighted by atomic mass is 10.0. The lowest BCUT2D eigenvalue weighted by Gasteiger charge is -2.35. The van der Waals surface area contributed by atoms with Crippen molar-refractivity contribution >= 4 is 0 Å². The van der Waals surface area contributed by atoms with Crippen LogP contribution in [-0.4, -0.2) is 37.3 Å². The molecule has 1 heterocycles. The average Bonchev–Trinajstić information content (AvgIpc) is 2.32. The largest absolute Gasteiger partial charge is 0.496 e. The third-order valence-electron chi connectivity index (χ3n) is 3.74. The van der Waals surface area contributed by atoms with Gasteiger partial charge in [0.15, 0.2) is 0 Å². The lowest BCUT2D eigenvalue weighted by Crippen LogP contribution is -2.44. The molecule has 3 nitrogen and oxygen atoms in total. The molecule has 0 amide bonds. The molecule has 1 saturated heterocycles. The number of morpholine rings is 1. The topological polar surface area (TPSA) is 21.7 Å². The number of nitrogens with zero attached hydrogens (tertiary/aromatic N) is 1. The first kappa shape index (κ1) is 14.4. The molecule has 19 heavy (non-hydrogen) atoms. The van der Waals surface area contributed by atoms with Crippen molar-refractivity contribution < 1.29 is 9.47 Å². The summed E-state index contributed by atoms with van der Waals surface area (Å²) in [5.74, 6) is 0.977. The van der Waals surface area contributed by atoms with Crippen molar-refractivity contribution in [2.45, 2.75) is 46.4 Å². The van der Waals surface area contributed by atoms with Gasteiger partial charge < -0.3 is 9.47 Å². The summed E-state index contributed by atoms with van der Waals surface area (Å²) in [6.07, 6.45) is 0.645. The van der Waals surface area contributed by atoms with E-state index < -0.39 is 0 Å². The van der Waals surface area contributed by atoms with E-state index in [4.69, 9.17) is 9.47 Å². The predicted molar refractivity (Wildman–Crippen MR) is 77.8 cm³/mol. The molecule has 0 saturated carbocycles. The molecule has 0 spiro atoms. The standard InChI is InChI=1S/C16H25NO2/c1-11-7-16(18-5)12(2)6-15(11)10-17-8-13(3)19-14(4)9-17/h6-7,13-14H,8-10H2,1-5H3. The Morgan fingerprint density at radius 3 is 2.37 bits per heavy atom.